The lowest BCUT2D eigenvalue weighted by atomic mass is 10.0. The lowest BCUT2D eigenvalue weighted by molar-refractivity contribution is 0.0995. The summed E-state index contributed by atoms with van der Waals surface area (Å²) >= 11 is 0. The quantitative estimate of drug-likeness (QED) is 0.359. The summed E-state index contributed by atoms with van der Waals surface area (Å²) in [5.41, 5.74) is 13.2. The van der Waals surface area contributed by atoms with Crippen molar-refractivity contribution < 1.29 is 9.90 Å². The number of benzene rings is 2. The number of aryl methyl sites for hydroxylation is 1. The van der Waals surface area contributed by atoms with Gasteiger partial charge in [0.1, 0.15) is 0 Å². The number of nitrogens with two attached hydrogens (primary N) is 1. The lowest BCUT2D eigenvalue weighted by Crippen LogP contribution is -2.46. The van der Waals surface area contributed by atoms with E-state index in [-0.39, 0.29) is 12.3 Å². The third kappa shape index (κ3) is 6.16. The molecular weight excluding hydrogens is 476 g/mol. The molecule has 5 rings (SSSR count). The van der Waals surface area contributed by atoms with Crippen molar-refractivity contribution in [1.29, 1.82) is 0 Å². The van der Waals surface area contributed by atoms with Gasteiger partial charge < -0.3 is 10.8 Å². The molecule has 0 aliphatic carbocycles. The van der Waals surface area contributed by atoms with Crippen LogP contribution in [0, 0.1) is 6.92 Å². The van der Waals surface area contributed by atoms with Crippen molar-refractivity contribution in [1.82, 2.24) is 24.6 Å². The number of carbonyl (C=O) groups is 1. The molecule has 8 nitrogen and oxygen atoms in total. The molecule has 0 atom stereocenters. The monoisotopic (exact) mass is 510 g/mol. The van der Waals surface area contributed by atoms with Gasteiger partial charge in [-0.1, -0.05) is 42.5 Å². The van der Waals surface area contributed by atoms with E-state index in [1.54, 1.807) is 10.7 Å². The molecular formula is C30H34N6O2. The van der Waals surface area contributed by atoms with Gasteiger partial charge in [-0.15, -0.1) is 0 Å². The van der Waals surface area contributed by atoms with Crippen LogP contribution in [0.15, 0.2) is 72.9 Å². The van der Waals surface area contributed by atoms with Crippen LogP contribution in [-0.4, -0.2) is 74.9 Å². The van der Waals surface area contributed by atoms with E-state index in [0.717, 1.165) is 73.9 Å². The molecule has 1 aliphatic rings. The second kappa shape index (κ2) is 11.7. The van der Waals surface area contributed by atoms with Gasteiger partial charge in [0.25, 0.3) is 5.91 Å². The van der Waals surface area contributed by atoms with E-state index in [0.29, 0.717) is 0 Å². The highest BCUT2D eigenvalue weighted by Gasteiger charge is 2.17. The van der Waals surface area contributed by atoms with Crippen LogP contribution in [0.2, 0.25) is 0 Å². The number of hydrogen-bond acceptors (Lipinski definition) is 6. The molecule has 1 aliphatic heterocycles. The summed E-state index contributed by atoms with van der Waals surface area (Å²) in [7, 11) is 0. The van der Waals surface area contributed by atoms with Crippen LogP contribution >= 0.6 is 0 Å². The number of β-amino-alcohol motifs (C(OH)–C–C–N with tert-alkyl or cyclic N) is 1. The first-order chi connectivity index (χ1) is 18.5. The minimum absolute atomic E-state index is 0.227. The molecule has 1 saturated heterocycles. The van der Waals surface area contributed by atoms with Crippen molar-refractivity contribution in [2.24, 2.45) is 5.73 Å². The van der Waals surface area contributed by atoms with Gasteiger partial charge >= 0.3 is 0 Å². The average Bonchev–Trinajstić information content (AvgIpc) is 3.33. The number of carbonyl (C=O) groups excluding carboxylic acids is 1. The Kier molecular flexibility index (Phi) is 7.93. The van der Waals surface area contributed by atoms with Crippen molar-refractivity contribution >= 4 is 5.91 Å². The molecule has 2 aromatic carbocycles. The Hall–Kier alpha value is -3.85. The van der Waals surface area contributed by atoms with Crippen molar-refractivity contribution in [3.05, 3.63) is 101 Å². The lowest BCUT2D eigenvalue weighted by Gasteiger charge is -2.34. The maximum atomic E-state index is 11.4. The molecule has 0 spiro atoms. The number of piperazine rings is 1. The molecule has 0 bridgehead atoms. The van der Waals surface area contributed by atoms with E-state index < -0.39 is 5.91 Å². The van der Waals surface area contributed by atoms with Crippen molar-refractivity contribution in [2.45, 2.75) is 19.9 Å². The fourth-order valence-electron chi connectivity index (χ4n) is 4.89. The zero-order valence-electron chi connectivity index (χ0n) is 21.8. The van der Waals surface area contributed by atoms with Crippen LogP contribution in [-0.2, 0) is 13.0 Å². The Morgan fingerprint density at radius 3 is 2.11 bits per heavy atom. The van der Waals surface area contributed by atoms with E-state index in [2.05, 4.69) is 63.4 Å². The summed E-state index contributed by atoms with van der Waals surface area (Å²) in [5.74, 6) is -0.525. The highest BCUT2D eigenvalue weighted by molar-refractivity contribution is 5.90. The standard InChI is InChI=1S/C30H34N6O2/c1-22-18-29(30(31)38)33-36(22)28-10-4-24(5-11-28)19-23-2-6-25(7-3-23)26-8-9-27(32-20-26)21-35-14-12-34(13-15-35)16-17-37/h2-11,18,20,37H,12-17,19,21H2,1H3,(H2,31,38). The summed E-state index contributed by atoms with van der Waals surface area (Å²) in [6.45, 7) is 7.76. The van der Waals surface area contributed by atoms with Crippen LogP contribution < -0.4 is 5.73 Å². The fourth-order valence-corrected chi connectivity index (χ4v) is 4.89. The van der Waals surface area contributed by atoms with Gasteiger partial charge in [-0.3, -0.25) is 19.6 Å². The van der Waals surface area contributed by atoms with E-state index in [4.69, 9.17) is 15.8 Å². The van der Waals surface area contributed by atoms with Crippen LogP contribution in [0.4, 0.5) is 0 Å². The summed E-state index contributed by atoms with van der Waals surface area (Å²) in [6, 6.07) is 22.8. The first-order valence-electron chi connectivity index (χ1n) is 13.0. The summed E-state index contributed by atoms with van der Waals surface area (Å²) in [5, 5.41) is 13.4. The minimum Gasteiger partial charge on any atom is -0.395 e. The van der Waals surface area contributed by atoms with Crippen LogP contribution in [0.5, 0.6) is 0 Å². The number of aliphatic hydroxyl groups excluding tert-OH is 1. The Balaban J connectivity index is 1.17. The van der Waals surface area contributed by atoms with Gasteiger partial charge in [0.05, 0.1) is 18.0 Å². The first kappa shape index (κ1) is 25.8. The average molecular weight is 511 g/mol. The SMILES string of the molecule is Cc1cc(C(N)=O)nn1-c1ccc(Cc2ccc(-c3ccc(CN4CCN(CCO)CC4)nc3)cc2)cc1. The van der Waals surface area contributed by atoms with Gasteiger partial charge in [-0.2, -0.15) is 5.10 Å². The normalized spacial score (nSPS) is 14.6. The fraction of sp³-hybridized carbons (Fsp3) is 0.300. The molecule has 3 heterocycles. The van der Waals surface area contributed by atoms with Gasteiger partial charge in [0.15, 0.2) is 5.69 Å². The van der Waals surface area contributed by atoms with Gasteiger partial charge in [0, 0.05) is 56.7 Å². The molecule has 8 heteroatoms. The molecule has 0 saturated carbocycles. The molecule has 0 unspecified atom stereocenters. The maximum Gasteiger partial charge on any atom is 0.269 e. The van der Waals surface area contributed by atoms with E-state index in [1.165, 1.54) is 11.1 Å². The summed E-state index contributed by atoms with van der Waals surface area (Å²) in [4.78, 5) is 20.9. The van der Waals surface area contributed by atoms with Gasteiger partial charge in [0.2, 0.25) is 0 Å². The van der Waals surface area contributed by atoms with Crippen molar-refractivity contribution in [2.75, 3.05) is 39.3 Å². The van der Waals surface area contributed by atoms with Crippen LogP contribution in [0.25, 0.3) is 16.8 Å². The smallest absolute Gasteiger partial charge is 0.269 e. The van der Waals surface area contributed by atoms with Crippen LogP contribution in [0.1, 0.15) is 33.0 Å². The predicted molar refractivity (Wildman–Crippen MR) is 148 cm³/mol. The summed E-state index contributed by atoms with van der Waals surface area (Å²) < 4.78 is 1.73. The molecule has 1 fully saturated rings. The summed E-state index contributed by atoms with van der Waals surface area (Å²) in [6.07, 6.45) is 2.79. The Labute approximate surface area is 223 Å². The number of aromatic nitrogens is 3. The number of amides is 1. The second-order valence-corrected chi connectivity index (χ2v) is 9.87. The van der Waals surface area contributed by atoms with Crippen molar-refractivity contribution in [3.8, 4) is 16.8 Å². The highest BCUT2D eigenvalue weighted by Crippen LogP contribution is 2.22. The molecule has 2 aromatic heterocycles. The predicted octanol–water partition coefficient (Wildman–Crippen LogP) is 3.04. The van der Waals surface area contributed by atoms with E-state index in [9.17, 15) is 4.79 Å². The van der Waals surface area contributed by atoms with Crippen LogP contribution in [0.3, 0.4) is 0 Å². The van der Waals surface area contributed by atoms with Crippen molar-refractivity contribution in [3.63, 3.8) is 0 Å². The molecule has 1 amide bonds. The Bertz CT molecular complexity index is 1360. The minimum atomic E-state index is -0.525. The number of primary amides is 1. The molecule has 38 heavy (non-hydrogen) atoms. The van der Waals surface area contributed by atoms with Gasteiger partial charge in [-0.25, -0.2) is 4.68 Å². The number of rotatable bonds is 9. The molecule has 0 radical (unpaired) electrons. The number of pyridine rings is 1. The second-order valence-electron chi connectivity index (χ2n) is 9.87. The number of hydrogen-bond donors (Lipinski definition) is 2. The largest absolute Gasteiger partial charge is 0.395 e. The molecule has 4 aromatic rings. The number of nitrogens with zero attached hydrogens (tertiary/aromatic N) is 5. The zero-order chi connectivity index (χ0) is 26.5. The third-order valence-electron chi connectivity index (χ3n) is 7.11. The van der Waals surface area contributed by atoms with Gasteiger partial charge in [-0.05, 0) is 54.3 Å². The molecule has 3 N–H and O–H groups in total. The third-order valence-corrected chi connectivity index (χ3v) is 7.11. The molecule has 196 valence electrons. The highest BCUT2D eigenvalue weighted by atomic mass is 16.3. The Morgan fingerprint density at radius 2 is 1.53 bits per heavy atom. The number of aliphatic hydroxyl groups is 1. The zero-order valence-corrected chi connectivity index (χ0v) is 21.8. The Morgan fingerprint density at radius 1 is 0.895 bits per heavy atom. The maximum absolute atomic E-state index is 11.4. The van der Waals surface area contributed by atoms with E-state index in [1.807, 2.05) is 25.3 Å². The first-order valence-corrected chi connectivity index (χ1v) is 13.0. The van der Waals surface area contributed by atoms with E-state index >= 15 is 0 Å². The topological polar surface area (TPSA) is 101 Å².